The zero-order chi connectivity index (χ0) is 10.1. The maximum Gasteiger partial charge on any atom is 0.0820 e. The summed E-state index contributed by atoms with van der Waals surface area (Å²) in [7, 11) is 3.84. The molecule has 0 aliphatic carbocycles. The topological polar surface area (TPSA) is 21.7 Å². The molecule has 0 spiro atoms. The van der Waals surface area contributed by atoms with E-state index in [-0.39, 0.29) is 6.10 Å². The van der Waals surface area contributed by atoms with Crippen molar-refractivity contribution in [3.8, 4) is 0 Å². The van der Waals surface area contributed by atoms with Crippen LogP contribution in [0.2, 0.25) is 0 Å². The first-order chi connectivity index (χ1) is 6.24. The Labute approximate surface area is 82.0 Å². The Bertz CT molecular complexity index is 103. The minimum absolute atomic E-state index is 0.254. The summed E-state index contributed by atoms with van der Waals surface area (Å²) < 4.78 is 10.6. The Morgan fingerprint density at radius 1 is 1.31 bits per heavy atom. The lowest BCUT2D eigenvalue weighted by Gasteiger charge is -2.19. The standard InChI is InChI=1S/C10H23NO2/c1-5-11(3)8-7-10(9-12-4)13-6-2/h10H,5-9H2,1-4H3. The summed E-state index contributed by atoms with van der Waals surface area (Å²) in [6.45, 7) is 7.81. The van der Waals surface area contributed by atoms with E-state index in [2.05, 4.69) is 18.9 Å². The number of ether oxygens (including phenoxy) is 2. The Balaban J connectivity index is 3.55. The summed E-state index contributed by atoms with van der Waals surface area (Å²) >= 11 is 0. The highest BCUT2D eigenvalue weighted by Crippen LogP contribution is 2.00. The molecule has 0 bridgehead atoms. The highest BCUT2D eigenvalue weighted by molar-refractivity contribution is 4.59. The van der Waals surface area contributed by atoms with E-state index >= 15 is 0 Å². The minimum atomic E-state index is 0.254. The molecule has 0 aromatic rings. The first-order valence-electron chi connectivity index (χ1n) is 5.03. The largest absolute Gasteiger partial charge is 0.382 e. The van der Waals surface area contributed by atoms with E-state index in [1.165, 1.54) is 0 Å². The zero-order valence-corrected chi connectivity index (χ0v) is 9.38. The minimum Gasteiger partial charge on any atom is -0.382 e. The van der Waals surface area contributed by atoms with Crippen LogP contribution in [-0.4, -0.2) is 51.5 Å². The van der Waals surface area contributed by atoms with Gasteiger partial charge in [-0.25, -0.2) is 0 Å². The third-order valence-corrected chi connectivity index (χ3v) is 2.13. The number of rotatable bonds is 8. The van der Waals surface area contributed by atoms with Crippen LogP contribution in [-0.2, 0) is 9.47 Å². The molecule has 13 heavy (non-hydrogen) atoms. The van der Waals surface area contributed by atoms with Crippen molar-refractivity contribution >= 4 is 0 Å². The van der Waals surface area contributed by atoms with Gasteiger partial charge in [0.05, 0.1) is 12.7 Å². The van der Waals surface area contributed by atoms with Gasteiger partial charge in [0.25, 0.3) is 0 Å². The van der Waals surface area contributed by atoms with Gasteiger partial charge >= 0.3 is 0 Å². The molecule has 0 aromatic carbocycles. The molecule has 0 fully saturated rings. The van der Waals surface area contributed by atoms with E-state index < -0.39 is 0 Å². The zero-order valence-electron chi connectivity index (χ0n) is 9.38. The van der Waals surface area contributed by atoms with Gasteiger partial charge in [-0.1, -0.05) is 6.92 Å². The van der Waals surface area contributed by atoms with Crippen LogP contribution >= 0.6 is 0 Å². The maximum atomic E-state index is 5.53. The lowest BCUT2D eigenvalue weighted by atomic mass is 10.2. The summed E-state index contributed by atoms with van der Waals surface area (Å²) in [5.41, 5.74) is 0. The molecule has 0 heterocycles. The van der Waals surface area contributed by atoms with Gasteiger partial charge < -0.3 is 14.4 Å². The Kier molecular flexibility index (Phi) is 8.40. The Hall–Kier alpha value is -0.120. The van der Waals surface area contributed by atoms with Gasteiger partial charge in [0.1, 0.15) is 0 Å². The first-order valence-corrected chi connectivity index (χ1v) is 5.03. The molecule has 0 saturated heterocycles. The van der Waals surface area contributed by atoms with Gasteiger partial charge in [-0.15, -0.1) is 0 Å². The van der Waals surface area contributed by atoms with E-state index in [1.807, 2.05) is 6.92 Å². The monoisotopic (exact) mass is 189 g/mol. The maximum absolute atomic E-state index is 5.53. The molecule has 0 N–H and O–H groups in total. The molecule has 1 atom stereocenters. The van der Waals surface area contributed by atoms with Crippen molar-refractivity contribution in [1.82, 2.24) is 4.90 Å². The molecule has 0 saturated carbocycles. The molecule has 3 nitrogen and oxygen atoms in total. The fourth-order valence-electron chi connectivity index (χ4n) is 1.16. The van der Waals surface area contributed by atoms with E-state index in [9.17, 15) is 0 Å². The van der Waals surface area contributed by atoms with Gasteiger partial charge in [0.2, 0.25) is 0 Å². The van der Waals surface area contributed by atoms with Gasteiger partial charge in [-0.2, -0.15) is 0 Å². The van der Waals surface area contributed by atoms with Gasteiger partial charge in [-0.3, -0.25) is 0 Å². The summed E-state index contributed by atoms with van der Waals surface area (Å²) in [5, 5.41) is 0. The average molecular weight is 189 g/mol. The third kappa shape index (κ3) is 6.99. The average Bonchev–Trinajstić information content (AvgIpc) is 2.14. The van der Waals surface area contributed by atoms with Crippen LogP contribution in [0.15, 0.2) is 0 Å². The lowest BCUT2D eigenvalue weighted by molar-refractivity contribution is -0.00403. The number of hydrogen-bond donors (Lipinski definition) is 0. The molecule has 0 aliphatic rings. The van der Waals surface area contributed by atoms with Crippen molar-refractivity contribution in [2.45, 2.75) is 26.4 Å². The van der Waals surface area contributed by atoms with Crippen LogP contribution in [0.5, 0.6) is 0 Å². The van der Waals surface area contributed by atoms with E-state index in [0.717, 1.165) is 26.1 Å². The van der Waals surface area contributed by atoms with Gasteiger partial charge in [0.15, 0.2) is 0 Å². The highest BCUT2D eigenvalue weighted by Gasteiger charge is 2.08. The highest BCUT2D eigenvalue weighted by atomic mass is 16.5. The van der Waals surface area contributed by atoms with Crippen LogP contribution < -0.4 is 0 Å². The number of methoxy groups -OCH3 is 1. The molecule has 0 aliphatic heterocycles. The number of hydrogen-bond acceptors (Lipinski definition) is 3. The second kappa shape index (κ2) is 8.48. The molecule has 0 radical (unpaired) electrons. The summed E-state index contributed by atoms with van der Waals surface area (Å²) in [4.78, 5) is 2.28. The van der Waals surface area contributed by atoms with Crippen molar-refractivity contribution in [2.24, 2.45) is 0 Å². The fourth-order valence-corrected chi connectivity index (χ4v) is 1.16. The van der Waals surface area contributed by atoms with Crippen LogP contribution in [0, 0.1) is 0 Å². The van der Waals surface area contributed by atoms with Crippen LogP contribution in [0.3, 0.4) is 0 Å². The van der Waals surface area contributed by atoms with Crippen LogP contribution in [0.1, 0.15) is 20.3 Å². The SMILES string of the molecule is CCOC(CCN(C)CC)COC. The molecule has 0 amide bonds. The quantitative estimate of drug-likeness (QED) is 0.576. The third-order valence-electron chi connectivity index (χ3n) is 2.13. The predicted octanol–water partition coefficient (Wildman–Crippen LogP) is 1.38. The van der Waals surface area contributed by atoms with Gasteiger partial charge in [0, 0.05) is 20.3 Å². The second-order valence-corrected chi connectivity index (χ2v) is 3.22. The van der Waals surface area contributed by atoms with Crippen molar-refractivity contribution in [1.29, 1.82) is 0 Å². The normalized spacial score (nSPS) is 13.6. The molecule has 1 unspecified atom stereocenters. The molecule has 0 rings (SSSR count). The fraction of sp³-hybridized carbons (Fsp3) is 1.00. The summed E-state index contributed by atoms with van der Waals surface area (Å²) in [6, 6.07) is 0. The summed E-state index contributed by atoms with van der Waals surface area (Å²) in [6.07, 6.45) is 1.30. The predicted molar refractivity (Wildman–Crippen MR) is 55.1 cm³/mol. The summed E-state index contributed by atoms with van der Waals surface area (Å²) in [5.74, 6) is 0. The van der Waals surface area contributed by atoms with Crippen molar-refractivity contribution in [3.63, 3.8) is 0 Å². The molecular formula is C10H23NO2. The van der Waals surface area contributed by atoms with E-state index in [0.29, 0.717) is 6.61 Å². The van der Waals surface area contributed by atoms with E-state index in [1.54, 1.807) is 7.11 Å². The molecule has 3 heteroatoms. The Morgan fingerprint density at radius 3 is 2.46 bits per heavy atom. The van der Waals surface area contributed by atoms with Gasteiger partial charge in [-0.05, 0) is 26.9 Å². The molecule has 0 aromatic heterocycles. The first kappa shape index (κ1) is 12.9. The van der Waals surface area contributed by atoms with Crippen LogP contribution in [0.4, 0.5) is 0 Å². The molecular weight excluding hydrogens is 166 g/mol. The Morgan fingerprint density at radius 2 is 2.00 bits per heavy atom. The lowest BCUT2D eigenvalue weighted by Crippen LogP contribution is -2.27. The van der Waals surface area contributed by atoms with Crippen molar-refractivity contribution < 1.29 is 9.47 Å². The number of nitrogens with zero attached hydrogens (tertiary/aromatic N) is 1. The van der Waals surface area contributed by atoms with E-state index in [4.69, 9.17) is 9.47 Å². The van der Waals surface area contributed by atoms with Crippen LogP contribution in [0.25, 0.3) is 0 Å². The van der Waals surface area contributed by atoms with Crippen molar-refractivity contribution in [2.75, 3.05) is 40.5 Å². The second-order valence-electron chi connectivity index (χ2n) is 3.22. The molecule has 80 valence electrons. The van der Waals surface area contributed by atoms with Crippen molar-refractivity contribution in [3.05, 3.63) is 0 Å². The smallest absolute Gasteiger partial charge is 0.0820 e.